The van der Waals surface area contributed by atoms with Gasteiger partial charge in [0.1, 0.15) is 23.0 Å². The van der Waals surface area contributed by atoms with E-state index in [1.165, 1.54) is 19.1 Å². The first-order valence-corrected chi connectivity index (χ1v) is 13.8. The van der Waals surface area contributed by atoms with Crippen LogP contribution < -0.4 is 14.2 Å². The third kappa shape index (κ3) is 7.26. The maximum absolute atomic E-state index is 14.0. The van der Waals surface area contributed by atoms with Gasteiger partial charge in [0.05, 0.1) is 12.7 Å². The Balaban J connectivity index is 1.65. The van der Waals surface area contributed by atoms with Gasteiger partial charge < -0.3 is 24.4 Å². The van der Waals surface area contributed by atoms with Crippen molar-refractivity contribution in [2.45, 2.75) is 44.3 Å². The van der Waals surface area contributed by atoms with Crippen molar-refractivity contribution in [2.75, 3.05) is 7.11 Å². The molecule has 2 unspecified atom stereocenters. The highest BCUT2D eigenvalue weighted by Gasteiger charge is 2.54. The van der Waals surface area contributed by atoms with E-state index in [0.717, 1.165) is 49.1 Å². The number of hydrogen-bond donors (Lipinski definition) is 2. The summed E-state index contributed by atoms with van der Waals surface area (Å²) >= 11 is 0. The van der Waals surface area contributed by atoms with Gasteiger partial charge in [0, 0.05) is 16.7 Å². The molecule has 0 radical (unpaired) electrons. The molecule has 0 bridgehead atoms. The van der Waals surface area contributed by atoms with Gasteiger partial charge in [-0.15, -0.1) is 0 Å². The van der Waals surface area contributed by atoms with Crippen LogP contribution in [0.2, 0.25) is 0 Å². The van der Waals surface area contributed by atoms with Crippen LogP contribution in [0.25, 0.3) is 11.1 Å². The van der Waals surface area contributed by atoms with Crippen molar-refractivity contribution in [3.8, 4) is 34.1 Å². The topological polar surface area (TPSA) is 102 Å². The van der Waals surface area contributed by atoms with Gasteiger partial charge in [-0.25, -0.2) is 4.79 Å². The van der Waals surface area contributed by atoms with Gasteiger partial charge >= 0.3 is 18.3 Å². The Labute approximate surface area is 264 Å². The van der Waals surface area contributed by atoms with Crippen LogP contribution in [0.1, 0.15) is 52.6 Å². The quantitative estimate of drug-likeness (QED) is 0.0808. The van der Waals surface area contributed by atoms with Crippen molar-refractivity contribution in [1.29, 1.82) is 0 Å². The van der Waals surface area contributed by atoms with E-state index in [0.29, 0.717) is 25.0 Å². The van der Waals surface area contributed by atoms with E-state index in [9.17, 15) is 46.1 Å². The lowest BCUT2D eigenvalue weighted by Crippen LogP contribution is -2.39. The molecule has 7 nitrogen and oxygen atoms in total. The van der Waals surface area contributed by atoms with Crippen LogP contribution in [0.5, 0.6) is 23.0 Å². The Bertz CT molecular complexity index is 1780. The summed E-state index contributed by atoms with van der Waals surface area (Å²) in [6.07, 6.45) is -10.4. The lowest BCUT2D eigenvalue weighted by Gasteiger charge is -2.29. The summed E-state index contributed by atoms with van der Waals surface area (Å²) in [4.78, 5) is 24.5. The number of halogens is 6. The van der Waals surface area contributed by atoms with Crippen molar-refractivity contribution < 1.29 is 60.4 Å². The third-order valence-electron chi connectivity index (χ3n) is 7.46. The molecule has 2 atom stereocenters. The molecule has 0 fully saturated rings. The van der Waals surface area contributed by atoms with Crippen LogP contribution in [0, 0.1) is 0 Å². The SMILES string of the molecule is COc1ccc(Oc2ccc(OC(=O)c3ccc(-c4ccc(C(C)=O)cc4)cc3)c(C(C)(O)C(F)(F)F)c2)cc1C(C)(O)C(F)(F)F. The van der Waals surface area contributed by atoms with E-state index >= 15 is 0 Å². The number of alkyl halides is 6. The largest absolute Gasteiger partial charge is 0.496 e. The molecule has 0 aliphatic heterocycles. The molecule has 0 heterocycles. The summed E-state index contributed by atoms with van der Waals surface area (Å²) in [6.45, 7) is 2.36. The number of hydrogen-bond acceptors (Lipinski definition) is 7. The van der Waals surface area contributed by atoms with Crippen LogP contribution >= 0.6 is 0 Å². The highest BCUT2D eigenvalue weighted by molar-refractivity contribution is 5.94. The number of Topliss-reactive ketones (excluding diaryl/α,β-unsaturated/α-hetero) is 1. The molecule has 2 N–H and O–H groups in total. The van der Waals surface area contributed by atoms with Crippen molar-refractivity contribution in [3.63, 3.8) is 0 Å². The van der Waals surface area contributed by atoms with E-state index in [4.69, 9.17) is 14.2 Å². The Morgan fingerprint density at radius 3 is 1.43 bits per heavy atom. The van der Waals surface area contributed by atoms with Crippen molar-refractivity contribution in [3.05, 3.63) is 107 Å². The maximum Gasteiger partial charge on any atom is 0.421 e. The Kier molecular flexibility index (Phi) is 9.47. The Hall–Kier alpha value is -4.88. The Morgan fingerprint density at radius 1 is 0.617 bits per heavy atom. The van der Waals surface area contributed by atoms with Crippen LogP contribution in [-0.2, 0) is 11.2 Å². The van der Waals surface area contributed by atoms with Crippen LogP contribution in [0.4, 0.5) is 26.3 Å². The summed E-state index contributed by atoms with van der Waals surface area (Å²) in [7, 11) is 1.08. The van der Waals surface area contributed by atoms with Gasteiger partial charge in [0.15, 0.2) is 17.0 Å². The predicted octanol–water partition coefficient (Wildman–Crippen LogP) is 8.12. The normalized spacial score (nSPS) is 14.5. The molecule has 4 aromatic carbocycles. The third-order valence-corrected chi connectivity index (χ3v) is 7.46. The number of rotatable bonds is 9. The van der Waals surface area contributed by atoms with Gasteiger partial charge in [0.2, 0.25) is 0 Å². The lowest BCUT2D eigenvalue weighted by molar-refractivity contribution is -0.259. The summed E-state index contributed by atoms with van der Waals surface area (Å²) in [5.41, 5.74) is -6.69. The first kappa shape index (κ1) is 35.0. The van der Waals surface area contributed by atoms with E-state index in [1.807, 2.05) is 0 Å². The minimum Gasteiger partial charge on any atom is -0.496 e. The highest BCUT2D eigenvalue weighted by Crippen LogP contribution is 2.46. The maximum atomic E-state index is 14.0. The number of carbonyl (C=O) groups is 2. The average Bonchev–Trinajstić information content (AvgIpc) is 3.00. The summed E-state index contributed by atoms with van der Waals surface area (Å²) in [5.74, 6) is -2.84. The van der Waals surface area contributed by atoms with Crippen molar-refractivity contribution in [2.24, 2.45) is 0 Å². The zero-order chi connectivity index (χ0) is 34.9. The number of ketones is 1. The number of methoxy groups -OCH3 is 1. The van der Waals surface area contributed by atoms with Gasteiger partial charge in [-0.3, -0.25) is 4.79 Å². The fourth-order valence-electron chi connectivity index (χ4n) is 4.47. The van der Waals surface area contributed by atoms with E-state index in [2.05, 4.69) is 0 Å². The van der Waals surface area contributed by atoms with Crippen molar-refractivity contribution in [1.82, 2.24) is 0 Å². The molecule has 0 aromatic heterocycles. The number of esters is 1. The van der Waals surface area contributed by atoms with Crippen LogP contribution in [0.15, 0.2) is 84.9 Å². The van der Waals surface area contributed by atoms with Crippen LogP contribution in [0.3, 0.4) is 0 Å². The molecule has 4 aromatic rings. The summed E-state index contributed by atoms with van der Waals surface area (Å²) in [5, 5.41) is 20.7. The molecular formula is C34H28F6O7. The molecule has 47 heavy (non-hydrogen) atoms. The molecule has 0 saturated carbocycles. The molecule has 0 aliphatic rings. The molecule has 248 valence electrons. The van der Waals surface area contributed by atoms with Crippen LogP contribution in [-0.4, -0.2) is 41.4 Å². The average molecular weight is 663 g/mol. The summed E-state index contributed by atoms with van der Waals surface area (Å²) < 4.78 is 98.3. The van der Waals surface area contributed by atoms with Gasteiger partial charge in [-0.05, 0) is 80.4 Å². The number of aliphatic hydroxyl groups is 2. The first-order valence-electron chi connectivity index (χ1n) is 13.8. The first-order chi connectivity index (χ1) is 21.8. The molecule has 0 amide bonds. The molecule has 4 rings (SSSR count). The molecule has 0 saturated heterocycles. The number of ether oxygens (including phenoxy) is 3. The Morgan fingerprint density at radius 2 is 1.02 bits per heavy atom. The molecule has 0 aliphatic carbocycles. The van der Waals surface area contributed by atoms with Gasteiger partial charge in [-0.2, -0.15) is 26.3 Å². The fourth-order valence-corrected chi connectivity index (χ4v) is 4.47. The fraction of sp³-hybridized carbons (Fsp3) is 0.235. The van der Waals surface area contributed by atoms with E-state index < -0.39 is 46.4 Å². The van der Waals surface area contributed by atoms with E-state index in [-0.39, 0.29) is 28.6 Å². The highest BCUT2D eigenvalue weighted by atomic mass is 19.4. The zero-order valence-corrected chi connectivity index (χ0v) is 25.3. The minimum absolute atomic E-state index is 0.0329. The number of carbonyl (C=O) groups excluding carboxylic acids is 2. The van der Waals surface area contributed by atoms with Gasteiger partial charge in [-0.1, -0.05) is 36.4 Å². The zero-order valence-electron chi connectivity index (χ0n) is 25.3. The second-order valence-corrected chi connectivity index (χ2v) is 10.9. The summed E-state index contributed by atoms with van der Waals surface area (Å²) in [6, 6.07) is 18.4. The van der Waals surface area contributed by atoms with Gasteiger partial charge in [0.25, 0.3) is 0 Å². The monoisotopic (exact) mass is 662 g/mol. The lowest BCUT2D eigenvalue weighted by atomic mass is 9.93. The number of benzene rings is 4. The predicted molar refractivity (Wildman–Crippen MR) is 158 cm³/mol. The minimum atomic E-state index is -5.26. The molecule has 13 heteroatoms. The smallest absolute Gasteiger partial charge is 0.421 e. The van der Waals surface area contributed by atoms with Crippen molar-refractivity contribution >= 4 is 11.8 Å². The second kappa shape index (κ2) is 12.7. The van der Waals surface area contributed by atoms with E-state index in [1.54, 1.807) is 36.4 Å². The second-order valence-electron chi connectivity index (χ2n) is 10.9. The standard InChI is InChI=1S/C34H28F6O7/c1-19(41)20-5-7-21(8-6-20)22-9-11-23(12-10-22)30(42)47-29-16-14-25(18-27(29)32(3,44)34(38,39)40)46-24-13-15-28(45-4)26(17-24)31(2,43)33(35,36)37/h5-18,43-44H,1-4H3. The molecule has 0 spiro atoms. The molecular weight excluding hydrogens is 634 g/mol.